The lowest BCUT2D eigenvalue weighted by Crippen LogP contribution is -2.16. The van der Waals surface area contributed by atoms with Crippen LogP contribution in [0.2, 0.25) is 0 Å². The van der Waals surface area contributed by atoms with Crippen molar-refractivity contribution in [3.63, 3.8) is 0 Å². The van der Waals surface area contributed by atoms with Gasteiger partial charge in [-0.2, -0.15) is 0 Å². The molecule has 4 heteroatoms. The smallest absolute Gasteiger partial charge is 0.148 e. The molecular weight excluding hydrogens is 224 g/mol. The second kappa shape index (κ2) is 5.80. The molecule has 0 spiro atoms. The van der Waals surface area contributed by atoms with E-state index in [0.717, 1.165) is 0 Å². The van der Waals surface area contributed by atoms with Crippen molar-refractivity contribution in [1.29, 1.82) is 0 Å². The van der Waals surface area contributed by atoms with E-state index in [0.29, 0.717) is 10.6 Å². The summed E-state index contributed by atoms with van der Waals surface area (Å²) < 4.78 is 17.1. The maximum absolute atomic E-state index is 11.9. The Balaban J connectivity index is 2.84. The van der Waals surface area contributed by atoms with Gasteiger partial charge >= 0.3 is 0 Å². The summed E-state index contributed by atoms with van der Waals surface area (Å²) in [6.45, 7) is 3.61. The van der Waals surface area contributed by atoms with Crippen LogP contribution in [0.25, 0.3) is 0 Å². The van der Waals surface area contributed by atoms with Crippen molar-refractivity contribution in [1.82, 2.24) is 0 Å². The van der Waals surface area contributed by atoms with Crippen LogP contribution < -0.4 is 4.74 Å². The zero-order chi connectivity index (χ0) is 12.1. The number of ketones is 1. The molecule has 16 heavy (non-hydrogen) atoms. The molecule has 0 aliphatic rings. The van der Waals surface area contributed by atoms with Crippen molar-refractivity contribution in [2.24, 2.45) is 5.92 Å². The normalized spacial score (nSPS) is 12.5. The molecule has 0 heterocycles. The summed E-state index contributed by atoms with van der Waals surface area (Å²) in [4.78, 5) is 12.1. The lowest BCUT2D eigenvalue weighted by atomic mass is 10.1. The van der Waals surface area contributed by atoms with Gasteiger partial charge in [-0.1, -0.05) is 26.0 Å². The quantitative estimate of drug-likeness (QED) is 0.791. The first kappa shape index (κ1) is 12.9. The Hall–Kier alpha value is -1.16. The first-order chi connectivity index (χ1) is 7.56. The molecule has 0 bridgehead atoms. The summed E-state index contributed by atoms with van der Waals surface area (Å²) in [6, 6.07) is 7.06. The van der Waals surface area contributed by atoms with Gasteiger partial charge in [-0.05, 0) is 12.1 Å². The summed E-state index contributed by atoms with van der Waals surface area (Å²) >= 11 is 0. The summed E-state index contributed by atoms with van der Waals surface area (Å²) in [5.74, 6) is 0.540. The van der Waals surface area contributed by atoms with E-state index in [1.165, 1.54) is 7.11 Å². The number of hydrogen-bond donors (Lipinski definition) is 0. The number of carbonyl (C=O) groups is 1. The second-order valence-corrected chi connectivity index (χ2v) is 5.18. The minimum absolute atomic E-state index is 0.00393. The molecule has 0 aliphatic heterocycles. The van der Waals surface area contributed by atoms with Crippen LogP contribution in [-0.4, -0.2) is 22.9 Å². The molecule has 0 saturated heterocycles. The van der Waals surface area contributed by atoms with Gasteiger partial charge < -0.3 is 4.74 Å². The van der Waals surface area contributed by atoms with Crippen LogP contribution in [0, 0.1) is 5.92 Å². The van der Waals surface area contributed by atoms with Gasteiger partial charge in [0.1, 0.15) is 11.5 Å². The van der Waals surface area contributed by atoms with Crippen molar-refractivity contribution in [2.75, 3.05) is 12.9 Å². The molecule has 0 aromatic heterocycles. The fourth-order valence-electron chi connectivity index (χ4n) is 1.18. The molecule has 0 fully saturated rings. The van der Waals surface area contributed by atoms with Gasteiger partial charge in [0, 0.05) is 5.92 Å². The largest absolute Gasteiger partial charge is 0.495 e. The maximum atomic E-state index is 11.9. The number of para-hydroxylation sites is 1. The van der Waals surface area contributed by atoms with Crippen LogP contribution in [0.3, 0.4) is 0 Å². The van der Waals surface area contributed by atoms with Crippen molar-refractivity contribution in [3.05, 3.63) is 24.3 Å². The molecule has 1 atom stereocenters. The highest BCUT2D eigenvalue weighted by Gasteiger charge is 2.16. The number of benzene rings is 1. The summed E-state index contributed by atoms with van der Waals surface area (Å²) in [7, 11) is 0.208. The first-order valence-corrected chi connectivity index (χ1v) is 6.42. The molecule has 0 saturated carbocycles. The monoisotopic (exact) mass is 240 g/mol. The van der Waals surface area contributed by atoms with Gasteiger partial charge in [-0.15, -0.1) is 0 Å². The molecule has 1 unspecified atom stereocenters. The van der Waals surface area contributed by atoms with Gasteiger partial charge in [-0.3, -0.25) is 9.00 Å². The second-order valence-electron chi connectivity index (χ2n) is 3.76. The Labute approximate surface area is 98.3 Å². The highest BCUT2D eigenvalue weighted by molar-refractivity contribution is 7.85. The molecule has 0 N–H and O–H groups in total. The number of ether oxygens (including phenoxy) is 1. The van der Waals surface area contributed by atoms with Gasteiger partial charge in [-0.25, -0.2) is 0 Å². The van der Waals surface area contributed by atoms with Crippen LogP contribution in [-0.2, 0) is 15.6 Å². The molecular formula is C12H16O3S. The minimum atomic E-state index is -1.32. The van der Waals surface area contributed by atoms with Crippen LogP contribution in [0.5, 0.6) is 5.75 Å². The van der Waals surface area contributed by atoms with Crippen LogP contribution in [0.15, 0.2) is 29.2 Å². The number of Topliss-reactive ketones (excluding diaryl/α,β-unsaturated/α-hetero) is 1. The summed E-state index contributed by atoms with van der Waals surface area (Å²) in [6.07, 6.45) is 0. The van der Waals surface area contributed by atoms with Gasteiger partial charge in [0.05, 0.1) is 28.6 Å². The first-order valence-electron chi connectivity index (χ1n) is 5.10. The topological polar surface area (TPSA) is 43.4 Å². The predicted molar refractivity (Wildman–Crippen MR) is 64.1 cm³/mol. The van der Waals surface area contributed by atoms with E-state index in [1.54, 1.807) is 18.2 Å². The van der Waals surface area contributed by atoms with Crippen molar-refractivity contribution >= 4 is 16.6 Å². The molecule has 3 nitrogen and oxygen atoms in total. The van der Waals surface area contributed by atoms with Crippen molar-refractivity contribution in [2.45, 2.75) is 18.7 Å². The number of hydrogen-bond acceptors (Lipinski definition) is 3. The lowest BCUT2D eigenvalue weighted by Gasteiger charge is -2.08. The third-order valence-electron chi connectivity index (χ3n) is 2.23. The van der Waals surface area contributed by atoms with E-state index in [2.05, 4.69) is 0 Å². The van der Waals surface area contributed by atoms with E-state index < -0.39 is 10.8 Å². The highest BCUT2D eigenvalue weighted by atomic mass is 32.2. The number of rotatable bonds is 5. The zero-order valence-corrected chi connectivity index (χ0v) is 10.5. The van der Waals surface area contributed by atoms with E-state index in [1.807, 2.05) is 19.9 Å². The van der Waals surface area contributed by atoms with E-state index >= 15 is 0 Å². The average molecular weight is 240 g/mol. The third kappa shape index (κ3) is 3.17. The minimum Gasteiger partial charge on any atom is -0.495 e. The zero-order valence-electron chi connectivity index (χ0n) is 9.73. The Morgan fingerprint density at radius 3 is 2.56 bits per heavy atom. The molecule has 1 aromatic rings. The number of carbonyl (C=O) groups excluding carboxylic acids is 1. The molecule has 0 aliphatic carbocycles. The van der Waals surface area contributed by atoms with Gasteiger partial charge in [0.2, 0.25) is 0 Å². The maximum Gasteiger partial charge on any atom is 0.148 e. The van der Waals surface area contributed by atoms with Crippen LogP contribution in [0.1, 0.15) is 13.8 Å². The Bertz CT molecular complexity index is 399. The molecule has 1 aromatic carbocycles. The fourth-order valence-corrected chi connectivity index (χ4v) is 2.53. The van der Waals surface area contributed by atoms with Crippen molar-refractivity contribution in [3.8, 4) is 5.75 Å². The van der Waals surface area contributed by atoms with Gasteiger partial charge in [0.15, 0.2) is 0 Å². The summed E-state index contributed by atoms with van der Waals surface area (Å²) in [5, 5.41) is 0. The molecule has 0 amide bonds. The number of methoxy groups -OCH3 is 1. The molecule has 0 radical (unpaired) electrons. The Kier molecular flexibility index (Phi) is 4.68. The molecule has 1 rings (SSSR count). The lowest BCUT2D eigenvalue weighted by molar-refractivity contribution is -0.119. The van der Waals surface area contributed by atoms with E-state index in [9.17, 15) is 9.00 Å². The van der Waals surface area contributed by atoms with Gasteiger partial charge in [0.25, 0.3) is 0 Å². The highest BCUT2D eigenvalue weighted by Crippen LogP contribution is 2.21. The van der Waals surface area contributed by atoms with Crippen LogP contribution in [0.4, 0.5) is 0 Å². The van der Waals surface area contributed by atoms with Crippen LogP contribution >= 0.6 is 0 Å². The summed E-state index contributed by atoms with van der Waals surface area (Å²) in [5.41, 5.74) is 0. The third-order valence-corrected chi connectivity index (χ3v) is 3.61. The van der Waals surface area contributed by atoms with E-state index in [4.69, 9.17) is 4.74 Å². The Morgan fingerprint density at radius 1 is 1.38 bits per heavy atom. The standard InChI is InChI=1S/C12H16O3S/c1-9(2)10(13)8-16(14)12-7-5-4-6-11(12)15-3/h4-7,9H,8H2,1-3H3. The predicted octanol–water partition coefficient (Wildman–Crippen LogP) is 2.03. The van der Waals surface area contributed by atoms with E-state index in [-0.39, 0.29) is 17.5 Å². The Morgan fingerprint density at radius 2 is 2.00 bits per heavy atom. The average Bonchev–Trinajstić information content (AvgIpc) is 2.28. The fraction of sp³-hybridized carbons (Fsp3) is 0.417. The molecule has 88 valence electrons. The SMILES string of the molecule is COc1ccccc1S(=O)CC(=O)C(C)C. The van der Waals surface area contributed by atoms with Crippen molar-refractivity contribution < 1.29 is 13.7 Å².